The van der Waals surface area contributed by atoms with Gasteiger partial charge in [-0.2, -0.15) is 0 Å². The average Bonchev–Trinajstić information content (AvgIpc) is 2.80. The van der Waals surface area contributed by atoms with Crippen molar-refractivity contribution in [3.8, 4) is 5.75 Å². The van der Waals surface area contributed by atoms with E-state index < -0.39 is 32.3 Å². The van der Waals surface area contributed by atoms with Crippen molar-refractivity contribution < 1.29 is 41.5 Å². The molecule has 1 aromatic heterocycles. The average molecular weight is 619 g/mol. The molecule has 0 saturated carbocycles. The Bertz CT molecular complexity index is 1130. The van der Waals surface area contributed by atoms with Crippen molar-refractivity contribution in [3.05, 3.63) is 38.7 Å². The molecule has 0 atom stereocenters. The molecule has 1 heterocycles. The molecule has 1 aromatic carbocycles. The van der Waals surface area contributed by atoms with Crippen molar-refractivity contribution >= 4 is 48.0 Å². The topological polar surface area (TPSA) is 132 Å². The summed E-state index contributed by atoms with van der Waals surface area (Å²) in [4.78, 5) is 36.5. The van der Waals surface area contributed by atoms with E-state index in [1.54, 1.807) is 26.8 Å². The van der Waals surface area contributed by atoms with Gasteiger partial charge in [-0.05, 0) is 70.0 Å². The maximum atomic E-state index is 12.3. The summed E-state index contributed by atoms with van der Waals surface area (Å²) in [5.74, 6) is 0.108. The Morgan fingerprint density at radius 1 is 1.03 bits per heavy atom. The van der Waals surface area contributed by atoms with Crippen LogP contribution in [0.2, 0.25) is 6.04 Å². The lowest BCUT2D eigenvalue weighted by molar-refractivity contribution is 0.0204. The molecule has 1 amide bonds. The molecule has 0 bridgehead atoms. The summed E-state index contributed by atoms with van der Waals surface area (Å²) in [6.07, 6.45) is -0.974. The molecule has 0 fully saturated rings. The van der Waals surface area contributed by atoms with Crippen molar-refractivity contribution in [2.45, 2.75) is 66.2 Å². The normalized spacial score (nSPS) is 11.9. The Labute approximate surface area is 231 Å². The molecule has 38 heavy (non-hydrogen) atoms. The number of hydrogen-bond acceptors (Lipinski definition) is 10. The molecule has 0 saturated heterocycles. The predicted molar refractivity (Wildman–Crippen MR) is 145 cm³/mol. The number of nitrogens with one attached hydrogen (secondary N) is 1. The number of carbonyl (C=O) groups is 2. The fourth-order valence-electron chi connectivity index (χ4n) is 3.48. The number of halogens is 1. The molecule has 0 aliphatic heterocycles. The number of amides is 1. The van der Waals surface area contributed by atoms with Gasteiger partial charge in [-0.3, -0.25) is 0 Å². The Balaban J connectivity index is 2.01. The highest BCUT2D eigenvalue weighted by Crippen LogP contribution is 2.32. The van der Waals surface area contributed by atoms with Gasteiger partial charge in [0.25, 0.3) is 0 Å². The molecule has 212 valence electrons. The van der Waals surface area contributed by atoms with Gasteiger partial charge in [-0.15, -0.1) is 0 Å². The molecule has 0 radical (unpaired) electrons. The molecule has 0 aliphatic carbocycles. The van der Waals surface area contributed by atoms with Crippen LogP contribution < -0.4 is 15.7 Å². The van der Waals surface area contributed by atoms with Gasteiger partial charge in [-0.25, -0.2) is 14.4 Å². The highest BCUT2D eigenvalue weighted by atomic mass is 79.9. The largest absolute Gasteiger partial charge is 0.514 e. The third kappa shape index (κ3) is 10.0. The van der Waals surface area contributed by atoms with Crippen LogP contribution in [-0.4, -0.2) is 53.0 Å². The summed E-state index contributed by atoms with van der Waals surface area (Å²) in [6, 6.07) is 4.78. The minimum Gasteiger partial charge on any atom is -0.445 e. The smallest absolute Gasteiger partial charge is 0.445 e. The number of rotatable bonds is 13. The third-order valence-corrected chi connectivity index (χ3v) is 8.62. The zero-order valence-electron chi connectivity index (χ0n) is 22.6. The number of hydrogen-bond donors (Lipinski definition) is 1. The number of ether oxygens (including phenoxy) is 3. The lowest BCUT2D eigenvalue weighted by atomic mass is 10.1. The first kappa shape index (κ1) is 31.8. The molecule has 11 nitrogen and oxygen atoms in total. The van der Waals surface area contributed by atoms with E-state index in [0.29, 0.717) is 54.3 Å². The minimum atomic E-state index is -2.79. The second kappa shape index (κ2) is 14.6. The van der Waals surface area contributed by atoms with Crippen molar-refractivity contribution in [1.82, 2.24) is 5.32 Å². The van der Waals surface area contributed by atoms with Gasteiger partial charge >= 0.3 is 26.7 Å². The Morgan fingerprint density at radius 3 is 2.24 bits per heavy atom. The van der Waals surface area contributed by atoms with Crippen molar-refractivity contribution in [3.63, 3.8) is 0 Å². The van der Waals surface area contributed by atoms with Gasteiger partial charge < -0.3 is 37.2 Å². The summed E-state index contributed by atoms with van der Waals surface area (Å²) in [6.45, 7) is 12.4. The van der Waals surface area contributed by atoms with Gasteiger partial charge in [-0.1, -0.05) is 0 Å². The Morgan fingerprint density at radius 2 is 1.66 bits per heavy atom. The predicted octanol–water partition coefficient (Wildman–Crippen LogP) is 5.53. The molecule has 1 N–H and O–H groups in total. The van der Waals surface area contributed by atoms with Crippen molar-refractivity contribution in [2.75, 3.05) is 26.4 Å². The second-order valence-electron chi connectivity index (χ2n) is 9.02. The monoisotopic (exact) mass is 617 g/mol. The first-order valence-electron chi connectivity index (χ1n) is 12.4. The highest BCUT2D eigenvalue weighted by molar-refractivity contribution is 9.10. The van der Waals surface area contributed by atoms with Crippen LogP contribution in [-0.2, 0) is 29.4 Å². The molecule has 2 rings (SSSR count). The first-order chi connectivity index (χ1) is 17.9. The van der Waals surface area contributed by atoms with E-state index in [1.807, 2.05) is 20.8 Å². The van der Waals surface area contributed by atoms with Crippen molar-refractivity contribution in [2.24, 2.45) is 0 Å². The van der Waals surface area contributed by atoms with Crippen LogP contribution in [0.5, 0.6) is 5.75 Å². The Hall–Kier alpha value is -2.45. The van der Waals surface area contributed by atoms with Gasteiger partial charge in [0.05, 0.1) is 4.47 Å². The van der Waals surface area contributed by atoms with Crippen LogP contribution in [0.1, 0.15) is 53.5 Å². The fraction of sp³-hybridized carbons (Fsp3) is 0.560. The molecule has 2 aromatic rings. The maximum Gasteiger partial charge on any atom is 0.514 e. The summed E-state index contributed by atoms with van der Waals surface area (Å²) >= 11 is 3.35. The minimum absolute atomic E-state index is 0.108. The summed E-state index contributed by atoms with van der Waals surface area (Å²) in [7, 11) is -2.79. The molecule has 0 aliphatic rings. The summed E-state index contributed by atoms with van der Waals surface area (Å²) in [5.41, 5.74) is -0.807. The second-order valence-corrected chi connectivity index (χ2v) is 12.6. The SMILES string of the molecule is CCO[Si](CCCNC(=O)OCc1cc(=O)oc2cc(OC(=O)OC(C)(C)C)c(Br)cc12)(OCC)OCC. The zero-order valence-corrected chi connectivity index (χ0v) is 25.2. The van der Waals surface area contributed by atoms with E-state index >= 15 is 0 Å². The van der Waals surface area contributed by atoms with Gasteiger partial charge in [0.2, 0.25) is 0 Å². The van der Waals surface area contributed by atoms with Gasteiger partial charge in [0.1, 0.15) is 17.8 Å². The molecule has 13 heteroatoms. The standard InChI is InChI=1S/C25H36BrNO10Si/c1-7-32-38(33-8-2,34-9-3)12-10-11-27-23(29)31-16-17-13-22(28)35-20-15-21(19(26)14-18(17)20)36-24(30)37-25(4,5)6/h13-15H,7-12,16H2,1-6H3,(H,27,29). The number of benzene rings is 1. The lowest BCUT2D eigenvalue weighted by Crippen LogP contribution is -2.46. The highest BCUT2D eigenvalue weighted by Gasteiger charge is 2.39. The van der Waals surface area contributed by atoms with E-state index in [1.165, 1.54) is 12.1 Å². The molecule has 0 spiro atoms. The van der Waals surface area contributed by atoms with Crippen molar-refractivity contribution in [1.29, 1.82) is 0 Å². The van der Waals surface area contributed by atoms with Crippen LogP contribution in [0.3, 0.4) is 0 Å². The van der Waals surface area contributed by atoms with Crippen LogP contribution in [0.15, 0.2) is 31.9 Å². The zero-order chi connectivity index (χ0) is 28.3. The third-order valence-electron chi connectivity index (χ3n) is 4.85. The van der Waals surface area contributed by atoms with E-state index in [0.717, 1.165) is 0 Å². The van der Waals surface area contributed by atoms with Gasteiger partial charge in [0, 0.05) is 55.5 Å². The number of carbonyl (C=O) groups excluding carboxylic acids is 2. The van der Waals surface area contributed by atoms with Crippen LogP contribution in [0.4, 0.5) is 9.59 Å². The van der Waals surface area contributed by atoms with E-state index in [4.69, 9.17) is 31.9 Å². The van der Waals surface area contributed by atoms with Crippen LogP contribution >= 0.6 is 15.9 Å². The number of fused-ring (bicyclic) bond motifs is 1. The lowest BCUT2D eigenvalue weighted by Gasteiger charge is -2.28. The summed E-state index contributed by atoms with van der Waals surface area (Å²) in [5, 5.41) is 3.19. The summed E-state index contributed by atoms with van der Waals surface area (Å²) < 4.78 is 38.8. The van der Waals surface area contributed by atoms with Crippen LogP contribution in [0.25, 0.3) is 11.0 Å². The first-order valence-corrected chi connectivity index (χ1v) is 15.1. The molecular formula is C25H36BrNO10Si. The fourth-order valence-corrected chi connectivity index (χ4v) is 6.51. The van der Waals surface area contributed by atoms with Gasteiger partial charge in [0.15, 0.2) is 5.75 Å². The molecule has 0 unspecified atom stereocenters. The van der Waals surface area contributed by atoms with E-state index in [-0.39, 0.29) is 17.9 Å². The van der Waals surface area contributed by atoms with E-state index in [9.17, 15) is 14.4 Å². The van der Waals surface area contributed by atoms with E-state index in [2.05, 4.69) is 21.2 Å². The maximum absolute atomic E-state index is 12.3. The molecular weight excluding hydrogens is 582 g/mol. The van der Waals surface area contributed by atoms with Crippen LogP contribution in [0, 0.1) is 0 Å². The number of alkyl carbamates (subject to hydrolysis) is 1. The Kier molecular flexibility index (Phi) is 12.2. The quantitative estimate of drug-likeness (QED) is 0.100.